The van der Waals surface area contributed by atoms with Crippen molar-refractivity contribution >= 4 is 50.3 Å². The van der Waals surface area contributed by atoms with E-state index in [0.29, 0.717) is 28.8 Å². The summed E-state index contributed by atoms with van der Waals surface area (Å²) in [6.45, 7) is 2.47. The fourth-order valence-electron chi connectivity index (χ4n) is 4.18. The Labute approximate surface area is 203 Å². The number of rotatable bonds is 5. The van der Waals surface area contributed by atoms with Crippen molar-refractivity contribution in [2.45, 2.75) is 17.9 Å². The van der Waals surface area contributed by atoms with Crippen LogP contribution in [0.15, 0.2) is 85.3 Å². The van der Waals surface area contributed by atoms with Gasteiger partial charge in [-0.3, -0.25) is 14.5 Å². The summed E-state index contributed by atoms with van der Waals surface area (Å²) >= 11 is 5.07. The minimum atomic E-state index is -0.596. The van der Waals surface area contributed by atoms with Gasteiger partial charge in [0, 0.05) is 15.1 Å². The third kappa shape index (κ3) is 3.75. The standard InChI is InChI=1S/C26H20BrNO4S/c1-3-31-18-9-7-17(8-10-18)28-23(15-4-11-19(33-2)12-5-15)22-24(29)20-14-16(27)6-13-21(20)32-25(22)26(28)30/h4-14,23H,3H2,1-2H3. The smallest absolute Gasteiger partial charge is 0.295 e. The Hall–Kier alpha value is -3.03. The molecule has 2 heterocycles. The lowest BCUT2D eigenvalue weighted by Crippen LogP contribution is -2.29. The number of amides is 1. The van der Waals surface area contributed by atoms with Crippen LogP contribution in [-0.2, 0) is 0 Å². The molecule has 7 heteroatoms. The molecule has 5 rings (SSSR count). The van der Waals surface area contributed by atoms with Gasteiger partial charge in [-0.25, -0.2) is 0 Å². The second-order valence-electron chi connectivity index (χ2n) is 7.59. The maximum atomic E-state index is 13.7. The Bertz CT molecular complexity index is 1410. The Kier molecular flexibility index (Phi) is 5.76. The van der Waals surface area contributed by atoms with E-state index in [4.69, 9.17) is 9.15 Å². The van der Waals surface area contributed by atoms with Gasteiger partial charge < -0.3 is 9.15 Å². The molecule has 4 aromatic rings. The molecule has 33 heavy (non-hydrogen) atoms. The number of carbonyl (C=O) groups is 1. The number of hydrogen-bond acceptors (Lipinski definition) is 5. The van der Waals surface area contributed by atoms with Crippen LogP contribution in [-0.4, -0.2) is 18.8 Å². The quantitative estimate of drug-likeness (QED) is 0.283. The highest BCUT2D eigenvalue weighted by Crippen LogP contribution is 2.42. The summed E-state index contributed by atoms with van der Waals surface area (Å²) < 4.78 is 12.3. The van der Waals surface area contributed by atoms with Gasteiger partial charge in [-0.2, -0.15) is 0 Å². The summed E-state index contributed by atoms with van der Waals surface area (Å²) in [7, 11) is 0. The largest absolute Gasteiger partial charge is 0.494 e. The maximum Gasteiger partial charge on any atom is 0.295 e. The zero-order valence-electron chi connectivity index (χ0n) is 18.0. The van der Waals surface area contributed by atoms with Crippen molar-refractivity contribution in [1.82, 2.24) is 0 Å². The second kappa shape index (κ2) is 8.72. The van der Waals surface area contributed by atoms with Crippen LogP contribution in [0, 0.1) is 0 Å². The first-order valence-corrected chi connectivity index (χ1v) is 12.5. The van der Waals surface area contributed by atoms with Gasteiger partial charge in [0.05, 0.1) is 23.6 Å². The van der Waals surface area contributed by atoms with Gasteiger partial charge in [-0.15, -0.1) is 11.8 Å². The molecule has 1 unspecified atom stereocenters. The van der Waals surface area contributed by atoms with Gasteiger partial charge in [0.2, 0.25) is 5.76 Å². The van der Waals surface area contributed by atoms with E-state index >= 15 is 0 Å². The minimum absolute atomic E-state index is 0.0858. The van der Waals surface area contributed by atoms with Gasteiger partial charge in [-0.05, 0) is 73.3 Å². The number of fused-ring (bicyclic) bond motifs is 2. The van der Waals surface area contributed by atoms with Gasteiger partial charge in [0.15, 0.2) is 5.43 Å². The van der Waals surface area contributed by atoms with E-state index in [1.54, 1.807) is 34.9 Å². The van der Waals surface area contributed by atoms with E-state index in [-0.39, 0.29) is 17.1 Å². The van der Waals surface area contributed by atoms with Crippen molar-refractivity contribution in [1.29, 1.82) is 0 Å². The minimum Gasteiger partial charge on any atom is -0.494 e. The number of carbonyl (C=O) groups excluding carboxylic acids is 1. The average Bonchev–Trinajstić information content (AvgIpc) is 3.13. The van der Waals surface area contributed by atoms with Crippen molar-refractivity contribution in [2.75, 3.05) is 17.8 Å². The molecule has 1 aromatic heterocycles. The van der Waals surface area contributed by atoms with Crippen LogP contribution in [0.1, 0.15) is 34.6 Å². The first-order valence-electron chi connectivity index (χ1n) is 10.5. The molecule has 0 saturated carbocycles. The fraction of sp³-hybridized carbons (Fsp3) is 0.154. The lowest BCUT2D eigenvalue weighted by Gasteiger charge is -2.25. The lowest BCUT2D eigenvalue weighted by molar-refractivity contribution is 0.0971. The van der Waals surface area contributed by atoms with Crippen LogP contribution >= 0.6 is 27.7 Å². The van der Waals surface area contributed by atoms with E-state index in [2.05, 4.69) is 15.9 Å². The Balaban J connectivity index is 1.73. The van der Waals surface area contributed by atoms with Crippen molar-refractivity contribution < 1.29 is 13.9 Å². The summed E-state index contributed by atoms with van der Waals surface area (Å²) in [6, 6.07) is 19.9. The van der Waals surface area contributed by atoms with Gasteiger partial charge in [0.1, 0.15) is 11.3 Å². The molecule has 166 valence electrons. The molecule has 1 aliphatic heterocycles. The lowest BCUT2D eigenvalue weighted by atomic mass is 9.98. The summed E-state index contributed by atoms with van der Waals surface area (Å²) in [5.74, 6) is 0.466. The van der Waals surface area contributed by atoms with Crippen LogP contribution in [0.4, 0.5) is 5.69 Å². The van der Waals surface area contributed by atoms with Crippen molar-refractivity contribution in [3.8, 4) is 5.75 Å². The molecule has 0 bridgehead atoms. The number of benzene rings is 3. The number of anilines is 1. The SMILES string of the molecule is CCOc1ccc(N2C(=O)c3oc4ccc(Br)cc4c(=O)c3C2c2ccc(SC)cc2)cc1. The van der Waals surface area contributed by atoms with Gasteiger partial charge in [0.25, 0.3) is 5.91 Å². The Morgan fingerprint density at radius 3 is 2.42 bits per heavy atom. The first-order chi connectivity index (χ1) is 16.0. The molecule has 0 N–H and O–H groups in total. The molecule has 0 aliphatic carbocycles. The molecule has 5 nitrogen and oxygen atoms in total. The molecule has 1 aliphatic rings. The topological polar surface area (TPSA) is 59.8 Å². The summed E-state index contributed by atoms with van der Waals surface area (Å²) in [4.78, 5) is 30.0. The maximum absolute atomic E-state index is 13.7. The molecule has 0 fully saturated rings. The summed E-state index contributed by atoms with van der Waals surface area (Å²) in [5, 5.41) is 0.440. The number of nitrogens with zero attached hydrogens (tertiary/aromatic N) is 1. The molecule has 0 radical (unpaired) electrons. The Morgan fingerprint density at radius 1 is 1.03 bits per heavy atom. The highest BCUT2D eigenvalue weighted by Gasteiger charge is 2.43. The number of ether oxygens (including phenoxy) is 1. The number of thioether (sulfide) groups is 1. The third-order valence-electron chi connectivity index (χ3n) is 5.69. The predicted molar refractivity (Wildman–Crippen MR) is 135 cm³/mol. The molecular formula is C26H20BrNO4S. The van der Waals surface area contributed by atoms with E-state index < -0.39 is 6.04 Å². The van der Waals surface area contributed by atoms with E-state index in [9.17, 15) is 9.59 Å². The number of halogens is 1. The van der Waals surface area contributed by atoms with Crippen LogP contribution < -0.4 is 15.1 Å². The normalized spacial score (nSPS) is 15.2. The van der Waals surface area contributed by atoms with Crippen LogP contribution in [0.5, 0.6) is 5.75 Å². The van der Waals surface area contributed by atoms with Crippen molar-refractivity contribution in [3.63, 3.8) is 0 Å². The van der Waals surface area contributed by atoms with E-state index in [1.807, 2.05) is 61.7 Å². The zero-order valence-corrected chi connectivity index (χ0v) is 20.4. The zero-order chi connectivity index (χ0) is 23.1. The summed E-state index contributed by atoms with van der Waals surface area (Å²) in [6.07, 6.45) is 2.01. The fourth-order valence-corrected chi connectivity index (χ4v) is 4.95. The van der Waals surface area contributed by atoms with Gasteiger partial charge in [-0.1, -0.05) is 28.1 Å². The van der Waals surface area contributed by atoms with Crippen LogP contribution in [0.3, 0.4) is 0 Å². The molecular weight excluding hydrogens is 502 g/mol. The third-order valence-corrected chi connectivity index (χ3v) is 6.93. The van der Waals surface area contributed by atoms with Gasteiger partial charge >= 0.3 is 0 Å². The van der Waals surface area contributed by atoms with E-state index in [1.165, 1.54) is 0 Å². The van der Waals surface area contributed by atoms with Crippen LogP contribution in [0.2, 0.25) is 0 Å². The van der Waals surface area contributed by atoms with E-state index in [0.717, 1.165) is 20.7 Å². The molecule has 0 spiro atoms. The monoisotopic (exact) mass is 521 g/mol. The number of hydrogen-bond donors (Lipinski definition) is 0. The molecule has 3 aromatic carbocycles. The van der Waals surface area contributed by atoms with Crippen molar-refractivity contribution in [3.05, 3.63) is 98.3 Å². The average molecular weight is 522 g/mol. The summed E-state index contributed by atoms with van der Waals surface area (Å²) in [5.41, 5.74) is 2.05. The van der Waals surface area contributed by atoms with Crippen molar-refractivity contribution in [2.24, 2.45) is 0 Å². The Morgan fingerprint density at radius 2 is 1.76 bits per heavy atom. The van der Waals surface area contributed by atoms with Crippen LogP contribution in [0.25, 0.3) is 11.0 Å². The molecule has 1 atom stereocenters. The molecule has 0 saturated heterocycles. The highest BCUT2D eigenvalue weighted by atomic mass is 79.9. The molecule has 1 amide bonds. The first kappa shape index (κ1) is 21.8. The predicted octanol–water partition coefficient (Wildman–Crippen LogP) is 6.43. The second-order valence-corrected chi connectivity index (χ2v) is 9.39. The highest BCUT2D eigenvalue weighted by molar-refractivity contribution is 9.10.